The van der Waals surface area contributed by atoms with Crippen molar-refractivity contribution in [3.8, 4) is 5.75 Å². The Bertz CT molecular complexity index is 681. The third kappa shape index (κ3) is 5.42. The van der Waals surface area contributed by atoms with Crippen molar-refractivity contribution in [1.82, 2.24) is 20.8 Å². The molecule has 2 aromatic rings. The smallest absolute Gasteiger partial charge is 0.223 e. The van der Waals surface area contributed by atoms with E-state index >= 15 is 0 Å². The maximum Gasteiger partial charge on any atom is 0.223 e. The summed E-state index contributed by atoms with van der Waals surface area (Å²) >= 11 is 0. The predicted octanol–water partition coefficient (Wildman–Crippen LogP) is 2.20. The molecular weight excluding hydrogens is 306 g/mol. The second-order valence-corrected chi connectivity index (χ2v) is 4.99. The lowest BCUT2D eigenvalue weighted by atomic mass is 10.2. The van der Waals surface area contributed by atoms with Gasteiger partial charge < -0.3 is 19.9 Å². The lowest BCUT2D eigenvalue weighted by Gasteiger charge is -2.11. The van der Waals surface area contributed by atoms with Gasteiger partial charge in [0.25, 0.3) is 0 Å². The number of hydrogen-bond acceptors (Lipinski definition) is 5. The zero-order valence-electron chi connectivity index (χ0n) is 14.1. The van der Waals surface area contributed by atoms with Crippen LogP contribution in [0.5, 0.6) is 5.75 Å². The molecule has 0 saturated heterocycles. The first-order chi connectivity index (χ1) is 11.7. The van der Waals surface area contributed by atoms with E-state index < -0.39 is 0 Å². The summed E-state index contributed by atoms with van der Waals surface area (Å²) in [7, 11) is 0. The lowest BCUT2D eigenvalue weighted by molar-refractivity contribution is 0.359. The SMILES string of the molecule is C=CCOc1ccccc1CN=C(NCC)NCc1noc(C)n1. The number of nitrogens with zero attached hydrogens (tertiary/aromatic N) is 3. The molecule has 0 amide bonds. The summed E-state index contributed by atoms with van der Waals surface area (Å²) in [6, 6.07) is 7.83. The molecule has 2 rings (SSSR count). The van der Waals surface area contributed by atoms with Gasteiger partial charge in [0.2, 0.25) is 5.89 Å². The van der Waals surface area contributed by atoms with Crippen molar-refractivity contribution in [2.45, 2.75) is 26.9 Å². The Hall–Kier alpha value is -2.83. The van der Waals surface area contributed by atoms with Crippen molar-refractivity contribution >= 4 is 5.96 Å². The van der Waals surface area contributed by atoms with Crippen LogP contribution in [0.3, 0.4) is 0 Å². The van der Waals surface area contributed by atoms with Crippen LogP contribution in [0.15, 0.2) is 46.4 Å². The number of hydrogen-bond donors (Lipinski definition) is 2. The van der Waals surface area contributed by atoms with E-state index in [1.807, 2.05) is 31.2 Å². The highest BCUT2D eigenvalue weighted by molar-refractivity contribution is 5.79. The van der Waals surface area contributed by atoms with Crippen molar-refractivity contribution in [3.63, 3.8) is 0 Å². The second-order valence-electron chi connectivity index (χ2n) is 4.99. The fourth-order valence-corrected chi connectivity index (χ4v) is 2.01. The van der Waals surface area contributed by atoms with Gasteiger partial charge in [0.05, 0.1) is 13.1 Å². The Labute approximate surface area is 141 Å². The Balaban J connectivity index is 2.01. The number of nitrogens with one attached hydrogen (secondary N) is 2. The average molecular weight is 329 g/mol. The molecule has 128 valence electrons. The van der Waals surface area contributed by atoms with Crippen molar-refractivity contribution in [1.29, 1.82) is 0 Å². The van der Waals surface area contributed by atoms with Gasteiger partial charge in [-0.2, -0.15) is 4.98 Å². The van der Waals surface area contributed by atoms with E-state index in [-0.39, 0.29) is 0 Å². The maximum atomic E-state index is 5.65. The first kappa shape index (κ1) is 17.5. The molecule has 0 unspecified atom stereocenters. The summed E-state index contributed by atoms with van der Waals surface area (Å²) in [5.41, 5.74) is 1.01. The van der Waals surface area contributed by atoms with Gasteiger partial charge in [-0.25, -0.2) is 4.99 Å². The lowest BCUT2D eigenvalue weighted by Crippen LogP contribution is -2.37. The van der Waals surface area contributed by atoms with Crippen LogP contribution in [-0.4, -0.2) is 29.3 Å². The van der Waals surface area contributed by atoms with Gasteiger partial charge in [-0.1, -0.05) is 36.0 Å². The standard InChI is InChI=1S/C17H23N5O2/c1-4-10-23-15-9-7-6-8-14(15)11-19-17(18-5-2)20-12-16-21-13(3)24-22-16/h4,6-9H,1,5,10-12H2,2-3H3,(H2,18,19,20). The Morgan fingerprint density at radius 3 is 2.92 bits per heavy atom. The van der Waals surface area contributed by atoms with Crippen LogP contribution in [0.4, 0.5) is 0 Å². The molecule has 1 aromatic carbocycles. The molecular formula is C17H23N5O2. The number of guanidine groups is 1. The molecule has 0 aliphatic rings. The molecule has 0 atom stereocenters. The topological polar surface area (TPSA) is 84.6 Å². The monoisotopic (exact) mass is 329 g/mol. The number of aryl methyl sites for hydroxylation is 1. The second kappa shape index (κ2) is 9.34. The molecule has 1 aromatic heterocycles. The molecule has 0 saturated carbocycles. The van der Waals surface area contributed by atoms with E-state index in [1.165, 1.54) is 0 Å². The molecule has 0 bridgehead atoms. The van der Waals surface area contributed by atoms with E-state index in [0.29, 0.717) is 37.4 Å². The fourth-order valence-electron chi connectivity index (χ4n) is 2.01. The van der Waals surface area contributed by atoms with E-state index in [1.54, 1.807) is 13.0 Å². The number of ether oxygens (including phenoxy) is 1. The Kier molecular flexibility index (Phi) is 6.82. The molecule has 0 fully saturated rings. The highest BCUT2D eigenvalue weighted by atomic mass is 16.5. The van der Waals surface area contributed by atoms with Gasteiger partial charge in [0.15, 0.2) is 11.8 Å². The Morgan fingerprint density at radius 2 is 2.21 bits per heavy atom. The zero-order valence-corrected chi connectivity index (χ0v) is 14.1. The summed E-state index contributed by atoms with van der Waals surface area (Å²) in [5, 5.41) is 10.2. The molecule has 2 N–H and O–H groups in total. The number of benzene rings is 1. The molecule has 7 nitrogen and oxygen atoms in total. The summed E-state index contributed by atoms with van der Waals surface area (Å²) in [4.78, 5) is 8.73. The van der Waals surface area contributed by atoms with Crippen molar-refractivity contribution in [2.24, 2.45) is 4.99 Å². The minimum Gasteiger partial charge on any atom is -0.489 e. The maximum absolute atomic E-state index is 5.65. The van der Waals surface area contributed by atoms with Gasteiger partial charge >= 0.3 is 0 Å². The Morgan fingerprint density at radius 1 is 1.38 bits per heavy atom. The normalized spacial score (nSPS) is 11.2. The minimum absolute atomic E-state index is 0.442. The van der Waals surface area contributed by atoms with E-state index in [4.69, 9.17) is 9.26 Å². The van der Waals surface area contributed by atoms with Crippen molar-refractivity contribution in [2.75, 3.05) is 13.2 Å². The molecule has 0 radical (unpaired) electrons. The van der Waals surface area contributed by atoms with E-state index in [9.17, 15) is 0 Å². The minimum atomic E-state index is 0.442. The molecule has 24 heavy (non-hydrogen) atoms. The van der Waals surface area contributed by atoms with Crippen molar-refractivity contribution < 1.29 is 9.26 Å². The quantitative estimate of drug-likeness (QED) is 0.439. The van der Waals surface area contributed by atoms with Crippen molar-refractivity contribution in [3.05, 3.63) is 54.2 Å². The van der Waals surface area contributed by atoms with Gasteiger partial charge in [0, 0.05) is 19.0 Å². The third-order valence-electron chi connectivity index (χ3n) is 3.06. The molecule has 0 spiro atoms. The van der Waals surface area contributed by atoms with Crippen LogP contribution in [-0.2, 0) is 13.1 Å². The number of rotatable bonds is 8. The summed E-state index contributed by atoms with van der Waals surface area (Å²) in [6.07, 6.45) is 1.72. The number of aliphatic imine (C=N–C) groups is 1. The van der Waals surface area contributed by atoms with Crippen LogP contribution in [0.25, 0.3) is 0 Å². The molecule has 0 aliphatic carbocycles. The molecule has 0 aliphatic heterocycles. The predicted molar refractivity (Wildman–Crippen MR) is 92.8 cm³/mol. The summed E-state index contributed by atoms with van der Waals surface area (Å²) in [5.74, 6) is 2.62. The first-order valence-electron chi connectivity index (χ1n) is 7.86. The first-order valence-corrected chi connectivity index (χ1v) is 7.86. The average Bonchev–Trinajstić information content (AvgIpc) is 3.01. The summed E-state index contributed by atoms with van der Waals surface area (Å²) < 4.78 is 10.6. The summed E-state index contributed by atoms with van der Waals surface area (Å²) in [6.45, 7) is 9.60. The molecule has 7 heteroatoms. The van der Waals surface area contributed by atoms with Gasteiger partial charge in [-0.05, 0) is 13.0 Å². The van der Waals surface area contributed by atoms with Crippen LogP contribution in [0.1, 0.15) is 24.2 Å². The molecule has 1 heterocycles. The largest absolute Gasteiger partial charge is 0.489 e. The van der Waals surface area contributed by atoms with Gasteiger partial charge in [-0.3, -0.25) is 0 Å². The zero-order chi connectivity index (χ0) is 17.2. The van der Waals surface area contributed by atoms with Crippen LogP contribution in [0, 0.1) is 6.92 Å². The number of aromatic nitrogens is 2. The van der Waals surface area contributed by atoms with E-state index in [0.717, 1.165) is 17.9 Å². The van der Waals surface area contributed by atoms with Crippen LogP contribution < -0.4 is 15.4 Å². The van der Waals surface area contributed by atoms with E-state index in [2.05, 4.69) is 32.3 Å². The van der Waals surface area contributed by atoms with Gasteiger partial charge in [-0.15, -0.1) is 0 Å². The van der Waals surface area contributed by atoms with Gasteiger partial charge in [0.1, 0.15) is 12.4 Å². The number of para-hydroxylation sites is 1. The van der Waals surface area contributed by atoms with Crippen LogP contribution in [0.2, 0.25) is 0 Å². The highest BCUT2D eigenvalue weighted by Crippen LogP contribution is 2.18. The van der Waals surface area contributed by atoms with Crippen LogP contribution >= 0.6 is 0 Å². The third-order valence-corrected chi connectivity index (χ3v) is 3.06. The fraction of sp³-hybridized carbons (Fsp3) is 0.353. The highest BCUT2D eigenvalue weighted by Gasteiger charge is 2.05.